The molecule has 0 bridgehead atoms. The van der Waals surface area contributed by atoms with Gasteiger partial charge in [-0.1, -0.05) is 31.2 Å². The fourth-order valence-electron chi connectivity index (χ4n) is 3.37. The van der Waals surface area contributed by atoms with Gasteiger partial charge in [0.25, 0.3) is 0 Å². The third-order valence-electron chi connectivity index (χ3n) is 5.24. The van der Waals surface area contributed by atoms with E-state index in [0.717, 1.165) is 51.6 Å². The maximum absolute atomic E-state index is 5.36. The monoisotopic (exact) mass is 389 g/mol. The Morgan fingerprint density at radius 2 is 1.64 bits per heavy atom. The summed E-state index contributed by atoms with van der Waals surface area (Å²) in [7, 11) is 1.82. The summed E-state index contributed by atoms with van der Waals surface area (Å²) in [6.45, 7) is 14.6. The van der Waals surface area contributed by atoms with Crippen molar-refractivity contribution in [2.45, 2.75) is 39.8 Å². The lowest BCUT2D eigenvalue weighted by Gasteiger charge is -2.34. The summed E-state index contributed by atoms with van der Waals surface area (Å²) >= 11 is 0. The minimum Gasteiger partial charge on any atom is -0.382 e. The molecular formula is C22H39N5O. The van der Waals surface area contributed by atoms with Crippen molar-refractivity contribution < 1.29 is 4.74 Å². The van der Waals surface area contributed by atoms with Crippen LogP contribution in [0.5, 0.6) is 0 Å². The van der Waals surface area contributed by atoms with Crippen molar-refractivity contribution in [1.29, 1.82) is 0 Å². The van der Waals surface area contributed by atoms with E-state index in [1.165, 1.54) is 43.9 Å². The van der Waals surface area contributed by atoms with Crippen LogP contribution in [0, 0.1) is 0 Å². The second-order valence-corrected chi connectivity index (χ2v) is 7.28. The molecule has 0 aliphatic carbocycles. The Bertz CT molecular complexity index is 553. The van der Waals surface area contributed by atoms with E-state index in [9.17, 15) is 0 Å². The zero-order valence-electron chi connectivity index (χ0n) is 18.0. The average molecular weight is 390 g/mol. The zero-order chi connectivity index (χ0) is 20.0. The van der Waals surface area contributed by atoms with Crippen molar-refractivity contribution in [3.8, 4) is 0 Å². The second-order valence-electron chi connectivity index (χ2n) is 7.28. The lowest BCUT2D eigenvalue weighted by atomic mass is 10.1. The maximum atomic E-state index is 5.36. The van der Waals surface area contributed by atoms with Crippen molar-refractivity contribution in [1.82, 2.24) is 20.4 Å². The van der Waals surface area contributed by atoms with E-state index in [1.54, 1.807) is 0 Å². The molecule has 2 N–H and O–H groups in total. The van der Waals surface area contributed by atoms with Gasteiger partial charge in [-0.2, -0.15) is 0 Å². The fraction of sp³-hybridized carbons (Fsp3) is 0.682. The largest absolute Gasteiger partial charge is 0.382 e. The van der Waals surface area contributed by atoms with Gasteiger partial charge in [-0.3, -0.25) is 9.89 Å². The number of benzene rings is 1. The van der Waals surface area contributed by atoms with Crippen molar-refractivity contribution in [2.24, 2.45) is 4.99 Å². The van der Waals surface area contributed by atoms with Gasteiger partial charge in [0, 0.05) is 66.1 Å². The van der Waals surface area contributed by atoms with Crippen molar-refractivity contribution >= 4 is 5.96 Å². The minimum absolute atomic E-state index is 0.786. The molecule has 1 aliphatic heterocycles. The fourth-order valence-corrected chi connectivity index (χ4v) is 3.37. The number of hydrogen-bond donors (Lipinski definition) is 2. The summed E-state index contributed by atoms with van der Waals surface area (Å²) in [6, 6.07) is 8.96. The Balaban J connectivity index is 1.66. The Labute approximate surface area is 171 Å². The van der Waals surface area contributed by atoms with Gasteiger partial charge in [0.1, 0.15) is 0 Å². The predicted molar refractivity (Wildman–Crippen MR) is 118 cm³/mol. The third kappa shape index (κ3) is 8.59. The first-order valence-electron chi connectivity index (χ1n) is 10.8. The number of hydrogen-bond acceptors (Lipinski definition) is 4. The number of ether oxygens (including phenoxy) is 1. The number of unbranched alkanes of at least 4 members (excludes halogenated alkanes) is 1. The van der Waals surface area contributed by atoms with Gasteiger partial charge < -0.3 is 20.3 Å². The predicted octanol–water partition coefficient (Wildman–Crippen LogP) is 2.31. The average Bonchev–Trinajstić information content (AvgIpc) is 2.74. The molecule has 0 atom stereocenters. The van der Waals surface area contributed by atoms with E-state index in [-0.39, 0.29) is 0 Å². The van der Waals surface area contributed by atoms with Crippen molar-refractivity contribution in [3.05, 3.63) is 35.4 Å². The van der Waals surface area contributed by atoms with Crippen LogP contribution in [-0.2, 0) is 17.8 Å². The summed E-state index contributed by atoms with van der Waals surface area (Å²) in [6.07, 6.45) is 2.16. The molecule has 6 nitrogen and oxygen atoms in total. The highest BCUT2D eigenvalue weighted by Crippen LogP contribution is 2.10. The number of likely N-dealkylation sites (N-methyl/N-ethyl adjacent to an activating group) is 1. The molecule has 2 rings (SSSR count). The van der Waals surface area contributed by atoms with Crippen LogP contribution in [0.1, 0.15) is 37.8 Å². The van der Waals surface area contributed by atoms with E-state index < -0.39 is 0 Å². The van der Waals surface area contributed by atoms with Gasteiger partial charge in [-0.05, 0) is 37.4 Å². The van der Waals surface area contributed by atoms with Crippen LogP contribution in [0.3, 0.4) is 0 Å². The molecule has 0 saturated carbocycles. The first kappa shape index (κ1) is 22.7. The summed E-state index contributed by atoms with van der Waals surface area (Å²) in [5.41, 5.74) is 2.67. The zero-order valence-corrected chi connectivity index (χ0v) is 18.0. The number of nitrogens with one attached hydrogen (secondary N) is 2. The van der Waals surface area contributed by atoms with Crippen LogP contribution < -0.4 is 10.6 Å². The highest BCUT2D eigenvalue weighted by atomic mass is 16.5. The molecule has 28 heavy (non-hydrogen) atoms. The minimum atomic E-state index is 0.786. The molecule has 6 heteroatoms. The van der Waals surface area contributed by atoms with Crippen LogP contribution >= 0.6 is 0 Å². The van der Waals surface area contributed by atoms with E-state index >= 15 is 0 Å². The first-order chi connectivity index (χ1) is 13.7. The van der Waals surface area contributed by atoms with E-state index in [2.05, 4.69) is 56.6 Å². The standard InChI is InChI=1S/C22H39N5O/c1-4-26-13-15-27(16-14-26)19-21-10-8-20(9-11-21)18-25-22(23-3)24-12-6-7-17-28-5-2/h8-11H,4-7,12-19H2,1-3H3,(H2,23,24,25). The van der Waals surface area contributed by atoms with E-state index in [0.29, 0.717) is 0 Å². The van der Waals surface area contributed by atoms with Gasteiger partial charge in [0.05, 0.1) is 0 Å². The van der Waals surface area contributed by atoms with Crippen molar-refractivity contribution in [2.75, 3.05) is 59.5 Å². The van der Waals surface area contributed by atoms with Crippen molar-refractivity contribution in [3.63, 3.8) is 0 Å². The van der Waals surface area contributed by atoms with E-state index in [1.807, 2.05) is 14.0 Å². The summed E-state index contributed by atoms with van der Waals surface area (Å²) < 4.78 is 5.36. The lowest BCUT2D eigenvalue weighted by molar-refractivity contribution is 0.132. The molecule has 1 aromatic carbocycles. The SMILES string of the molecule is CCOCCCCNC(=NC)NCc1ccc(CN2CCN(CC)CC2)cc1. The Morgan fingerprint density at radius 3 is 2.29 bits per heavy atom. The molecule has 0 spiro atoms. The molecule has 0 amide bonds. The van der Waals surface area contributed by atoms with Gasteiger partial charge >= 0.3 is 0 Å². The molecule has 1 aliphatic rings. The summed E-state index contributed by atoms with van der Waals surface area (Å²) in [5, 5.41) is 6.75. The normalized spacial score (nSPS) is 16.3. The topological polar surface area (TPSA) is 52.1 Å². The molecule has 1 aromatic rings. The summed E-state index contributed by atoms with van der Waals surface area (Å²) in [5.74, 6) is 0.856. The van der Waals surface area contributed by atoms with Crippen LogP contribution in [-0.4, -0.2) is 75.3 Å². The second kappa shape index (κ2) is 13.5. The molecule has 1 heterocycles. The van der Waals surface area contributed by atoms with Gasteiger partial charge in [0.2, 0.25) is 0 Å². The molecule has 0 unspecified atom stereocenters. The number of piperazine rings is 1. The third-order valence-corrected chi connectivity index (χ3v) is 5.24. The smallest absolute Gasteiger partial charge is 0.191 e. The van der Waals surface area contributed by atoms with Gasteiger partial charge in [-0.25, -0.2) is 0 Å². The Morgan fingerprint density at radius 1 is 0.964 bits per heavy atom. The maximum Gasteiger partial charge on any atom is 0.191 e. The first-order valence-corrected chi connectivity index (χ1v) is 10.8. The quantitative estimate of drug-likeness (QED) is 0.346. The summed E-state index contributed by atoms with van der Waals surface area (Å²) in [4.78, 5) is 9.37. The number of nitrogens with zero attached hydrogens (tertiary/aromatic N) is 3. The highest BCUT2D eigenvalue weighted by Gasteiger charge is 2.15. The van der Waals surface area contributed by atoms with E-state index in [4.69, 9.17) is 4.74 Å². The Hall–Kier alpha value is -1.63. The highest BCUT2D eigenvalue weighted by molar-refractivity contribution is 5.79. The molecule has 1 fully saturated rings. The molecule has 0 aromatic heterocycles. The van der Waals surface area contributed by atoms with Crippen LogP contribution in [0.4, 0.5) is 0 Å². The Kier molecular flexibility index (Phi) is 10.9. The van der Waals surface area contributed by atoms with Gasteiger partial charge in [-0.15, -0.1) is 0 Å². The number of guanidine groups is 1. The molecular weight excluding hydrogens is 350 g/mol. The number of aliphatic imine (C=N–C) groups is 1. The molecule has 0 radical (unpaired) electrons. The van der Waals surface area contributed by atoms with Crippen LogP contribution in [0.15, 0.2) is 29.3 Å². The lowest BCUT2D eigenvalue weighted by Crippen LogP contribution is -2.45. The molecule has 158 valence electrons. The van der Waals surface area contributed by atoms with Gasteiger partial charge in [0.15, 0.2) is 5.96 Å². The van der Waals surface area contributed by atoms with Crippen LogP contribution in [0.2, 0.25) is 0 Å². The molecule has 1 saturated heterocycles. The van der Waals surface area contributed by atoms with Crippen LogP contribution in [0.25, 0.3) is 0 Å². The number of rotatable bonds is 11.